The van der Waals surface area contributed by atoms with Crippen molar-refractivity contribution in [3.8, 4) is 11.8 Å². The molecule has 0 aliphatic heterocycles. The molecular formula is C18H29NOSi. The molecule has 116 valence electrons. The number of hydrogen-bond acceptors (Lipinski definition) is 2. The Bertz CT molecular complexity index is 479. The minimum Gasteiger partial charge on any atom is -0.398 e. The number of pyridine rings is 1. The van der Waals surface area contributed by atoms with E-state index < -0.39 is 8.32 Å². The SMILES string of the molecule is CCCCC#CC(O[Si](C)(C)C(C)(C)C)c1ccccn1. The van der Waals surface area contributed by atoms with Gasteiger partial charge in [-0.05, 0) is 36.7 Å². The zero-order valence-corrected chi connectivity index (χ0v) is 15.4. The Hall–Kier alpha value is -1.11. The summed E-state index contributed by atoms with van der Waals surface area (Å²) in [5.41, 5.74) is 0.923. The molecule has 1 atom stereocenters. The first-order valence-electron chi connectivity index (χ1n) is 7.85. The zero-order chi connectivity index (χ0) is 15.9. The third kappa shape index (κ3) is 5.65. The fourth-order valence-electron chi connectivity index (χ4n) is 1.60. The van der Waals surface area contributed by atoms with Crippen molar-refractivity contribution in [3.63, 3.8) is 0 Å². The van der Waals surface area contributed by atoms with Gasteiger partial charge in [0, 0.05) is 12.6 Å². The number of hydrogen-bond donors (Lipinski definition) is 0. The van der Waals surface area contributed by atoms with Crippen molar-refractivity contribution in [2.75, 3.05) is 0 Å². The van der Waals surface area contributed by atoms with Crippen molar-refractivity contribution >= 4 is 8.32 Å². The lowest BCUT2D eigenvalue weighted by atomic mass is 10.2. The van der Waals surface area contributed by atoms with E-state index in [0.717, 1.165) is 18.5 Å². The predicted molar refractivity (Wildman–Crippen MR) is 92.6 cm³/mol. The Morgan fingerprint density at radius 3 is 2.52 bits per heavy atom. The fraction of sp³-hybridized carbons (Fsp3) is 0.611. The molecule has 0 saturated carbocycles. The normalized spacial score (nSPS) is 13.4. The summed E-state index contributed by atoms with van der Waals surface area (Å²) in [6, 6.07) is 5.93. The molecule has 0 bridgehead atoms. The smallest absolute Gasteiger partial charge is 0.194 e. The van der Waals surface area contributed by atoms with Crippen LogP contribution >= 0.6 is 0 Å². The summed E-state index contributed by atoms with van der Waals surface area (Å²) in [6.07, 6.45) is 4.85. The van der Waals surface area contributed by atoms with Gasteiger partial charge in [-0.25, -0.2) is 0 Å². The molecule has 0 N–H and O–H groups in total. The summed E-state index contributed by atoms with van der Waals surface area (Å²) in [5.74, 6) is 6.57. The molecule has 0 saturated heterocycles. The molecule has 21 heavy (non-hydrogen) atoms. The zero-order valence-electron chi connectivity index (χ0n) is 14.4. The third-order valence-corrected chi connectivity index (χ3v) is 8.50. The molecule has 1 aromatic heterocycles. The molecule has 0 aliphatic carbocycles. The van der Waals surface area contributed by atoms with E-state index in [1.54, 1.807) is 0 Å². The summed E-state index contributed by atoms with van der Waals surface area (Å²) < 4.78 is 6.47. The van der Waals surface area contributed by atoms with Crippen LogP contribution in [0.2, 0.25) is 18.1 Å². The van der Waals surface area contributed by atoms with Gasteiger partial charge in [0.25, 0.3) is 0 Å². The minimum absolute atomic E-state index is 0.172. The highest BCUT2D eigenvalue weighted by Gasteiger charge is 2.39. The number of unbranched alkanes of at least 4 members (excludes halogenated alkanes) is 2. The van der Waals surface area contributed by atoms with E-state index in [1.807, 2.05) is 24.4 Å². The number of aromatic nitrogens is 1. The van der Waals surface area contributed by atoms with Crippen molar-refractivity contribution in [2.45, 2.75) is 71.2 Å². The molecule has 1 unspecified atom stereocenters. The molecule has 0 aliphatic rings. The van der Waals surface area contributed by atoms with E-state index in [2.05, 4.69) is 57.6 Å². The second-order valence-electron chi connectivity index (χ2n) is 6.94. The summed E-state index contributed by atoms with van der Waals surface area (Å²) in [7, 11) is -1.86. The highest BCUT2D eigenvalue weighted by atomic mass is 28.4. The van der Waals surface area contributed by atoms with Crippen LogP contribution in [0, 0.1) is 11.8 Å². The van der Waals surface area contributed by atoms with E-state index in [0.29, 0.717) is 0 Å². The van der Waals surface area contributed by atoms with Crippen molar-refractivity contribution in [3.05, 3.63) is 30.1 Å². The van der Waals surface area contributed by atoms with Gasteiger partial charge in [-0.1, -0.05) is 46.1 Å². The Balaban J connectivity index is 2.95. The first-order chi connectivity index (χ1) is 9.78. The van der Waals surface area contributed by atoms with Crippen molar-refractivity contribution in [2.24, 2.45) is 0 Å². The van der Waals surface area contributed by atoms with E-state index >= 15 is 0 Å². The van der Waals surface area contributed by atoms with Gasteiger partial charge in [0.2, 0.25) is 0 Å². The van der Waals surface area contributed by atoms with Crippen LogP contribution in [0.4, 0.5) is 0 Å². The lowest BCUT2D eigenvalue weighted by molar-refractivity contribution is 0.233. The molecule has 1 aromatic rings. The van der Waals surface area contributed by atoms with Gasteiger partial charge < -0.3 is 4.43 Å². The van der Waals surface area contributed by atoms with Crippen molar-refractivity contribution in [1.29, 1.82) is 0 Å². The molecular weight excluding hydrogens is 274 g/mol. The van der Waals surface area contributed by atoms with Crippen LogP contribution in [-0.4, -0.2) is 13.3 Å². The molecule has 1 rings (SSSR count). The van der Waals surface area contributed by atoms with Crippen LogP contribution in [0.25, 0.3) is 0 Å². The summed E-state index contributed by atoms with van der Waals surface area (Å²) in [4.78, 5) is 4.44. The number of nitrogens with zero attached hydrogens (tertiary/aromatic N) is 1. The maximum Gasteiger partial charge on any atom is 0.194 e. The van der Waals surface area contributed by atoms with Crippen LogP contribution in [0.15, 0.2) is 24.4 Å². The van der Waals surface area contributed by atoms with Crippen LogP contribution < -0.4 is 0 Å². The van der Waals surface area contributed by atoms with Crippen molar-refractivity contribution in [1.82, 2.24) is 4.98 Å². The minimum atomic E-state index is -1.86. The van der Waals surface area contributed by atoms with Crippen LogP contribution in [0.1, 0.15) is 58.8 Å². The highest BCUT2D eigenvalue weighted by Crippen LogP contribution is 2.39. The highest BCUT2D eigenvalue weighted by molar-refractivity contribution is 6.74. The quantitative estimate of drug-likeness (QED) is 0.416. The van der Waals surface area contributed by atoms with E-state index in [4.69, 9.17) is 4.43 Å². The van der Waals surface area contributed by atoms with E-state index in [9.17, 15) is 0 Å². The van der Waals surface area contributed by atoms with E-state index in [-0.39, 0.29) is 11.1 Å². The summed E-state index contributed by atoms with van der Waals surface area (Å²) in [6.45, 7) is 13.5. The van der Waals surface area contributed by atoms with Crippen LogP contribution in [0.3, 0.4) is 0 Å². The molecule has 0 amide bonds. The maximum atomic E-state index is 6.47. The topological polar surface area (TPSA) is 22.1 Å². The second-order valence-corrected chi connectivity index (χ2v) is 11.7. The van der Waals surface area contributed by atoms with Gasteiger partial charge in [-0.3, -0.25) is 4.98 Å². The second kappa shape index (κ2) is 7.77. The number of rotatable bonds is 5. The Kier molecular flexibility index (Phi) is 6.64. The lowest BCUT2D eigenvalue weighted by Gasteiger charge is -2.37. The summed E-state index contributed by atoms with van der Waals surface area (Å²) >= 11 is 0. The average Bonchev–Trinajstić information content (AvgIpc) is 2.42. The maximum absolute atomic E-state index is 6.47. The lowest BCUT2D eigenvalue weighted by Crippen LogP contribution is -2.41. The van der Waals surface area contributed by atoms with Gasteiger partial charge in [0.15, 0.2) is 8.32 Å². The fourth-order valence-corrected chi connectivity index (χ4v) is 2.72. The Morgan fingerprint density at radius 2 is 2.00 bits per heavy atom. The monoisotopic (exact) mass is 303 g/mol. The van der Waals surface area contributed by atoms with Crippen LogP contribution in [-0.2, 0) is 4.43 Å². The van der Waals surface area contributed by atoms with E-state index in [1.165, 1.54) is 6.42 Å². The standard InChI is InChI=1S/C18H29NOSi/c1-7-8-9-10-14-17(16-13-11-12-15-19-16)20-21(5,6)18(2,3)4/h11-13,15,17H,7-9H2,1-6H3. The molecule has 0 aromatic carbocycles. The largest absolute Gasteiger partial charge is 0.398 e. The molecule has 0 spiro atoms. The average molecular weight is 304 g/mol. The molecule has 0 radical (unpaired) electrons. The van der Waals surface area contributed by atoms with Gasteiger partial charge in [0.1, 0.15) is 6.10 Å². The Morgan fingerprint density at radius 1 is 1.29 bits per heavy atom. The Labute approximate surface area is 131 Å². The van der Waals surface area contributed by atoms with Gasteiger partial charge >= 0.3 is 0 Å². The summed E-state index contributed by atoms with van der Waals surface area (Å²) in [5, 5.41) is 0.172. The predicted octanol–water partition coefficient (Wildman–Crippen LogP) is 5.34. The van der Waals surface area contributed by atoms with Gasteiger partial charge in [0.05, 0.1) is 5.69 Å². The third-order valence-electron chi connectivity index (χ3n) is 4.06. The molecule has 3 heteroatoms. The molecule has 1 heterocycles. The van der Waals surface area contributed by atoms with Crippen LogP contribution in [0.5, 0.6) is 0 Å². The molecule has 2 nitrogen and oxygen atoms in total. The first-order valence-corrected chi connectivity index (χ1v) is 10.8. The first kappa shape index (κ1) is 17.9. The van der Waals surface area contributed by atoms with Crippen molar-refractivity contribution < 1.29 is 4.43 Å². The molecule has 0 fully saturated rings. The van der Waals surface area contributed by atoms with Gasteiger partial charge in [-0.2, -0.15) is 0 Å². The van der Waals surface area contributed by atoms with Gasteiger partial charge in [-0.15, -0.1) is 5.92 Å².